The van der Waals surface area contributed by atoms with Crippen molar-refractivity contribution in [2.75, 3.05) is 11.9 Å². The van der Waals surface area contributed by atoms with Crippen LogP contribution in [0, 0.1) is 0 Å². The molecule has 3 aromatic rings. The number of nitrogens with one attached hydrogen (secondary N) is 1. The molecule has 0 atom stereocenters. The SMILES string of the molecule is CN(Cc1cnccn1)c1nc(-c2ccc(Cl)cc2)nc2c1CNC2. The summed E-state index contributed by atoms with van der Waals surface area (Å²) in [5.74, 6) is 1.63. The van der Waals surface area contributed by atoms with Crippen molar-refractivity contribution in [1.82, 2.24) is 25.3 Å². The topological polar surface area (TPSA) is 66.8 Å². The first-order valence-corrected chi connectivity index (χ1v) is 8.41. The van der Waals surface area contributed by atoms with Crippen LogP contribution in [0.15, 0.2) is 42.9 Å². The molecule has 4 rings (SSSR count). The highest BCUT2D eigenvalue weighted by atomic mass is 35.5. The van der Waals surface area contributed by atoms with E-state index in [2.05, 4.69) is 20.2 Å². The summed E-state index contributed by atoms with van der Waals surface area (Å²) in [5.41, 5.74) is 4.04. The molecule has 0 radical (unpaired) electrons. The van der Waals surface area contributed by atoms with Crippen LogP contribution < -0.4 is 10.2 Å². The molecule has 0 fully saturated rings. The zero-order chi connectivity index (χ0) is 17.2. The maximum absolute atomic E-state index is 5.99. The molecule has 0 unspecified atom stereocenters. The van der Waals surface area contributed by atoms with Crippen LogP contribution in [-0.4, -0.2) is 27.0 Å². The predicted molar refractivity (Wildman–Crippen MR) is 97.2 cm³/mol. The first-order valence-electron chi connectivity index (χ1n) is 8.03. The minimum Gasteiger partial charge on any atom is -0.353 e. The van der Waals surface area contributed by atoms with Gasteiger partial charge in [0.25, 0.3) is 0 Å². The predicted octanol–water partition coefficient (Wildman–Crippen LogP) is 2.83. The van der Waals surface area contributed by atoms with Gasteiger partial charge < -0.3 is 10.2 Å². The number of aromatic nitrogens is 4. The normalized spacial score (nSPS) is 12.9. The van der Waals surface area contributed by atoms with Crippen LogP contribution in [0.5, 0.6) is 0 Å². The molecule has 6 nitrogen and oxygen atoms in total. The lowest BCUT2D eigenvalue weighted by molar-refractivity contribution is 0.755. The van der Waals surface area contributed by atoms with Gasteiger partial charge in [0.2, 0.25) is 0 Å². The molecule has 0 saturated carbocycles. The van der Waals surface area contributed by atoms with Crippen LogP contribution in [-0.2, 0) is 19.6 Å². The van der Waals surface area contributed by atoms with Gasteiger partial charge in [0.1, 0.15) is 5.82 Å². The number of benzene rings is 1. The van der Waals surface area contributed by atoms with Crippen LogP contribution in [0.3, 0.4) is 0 Å². The number of anilines is 1. The molecule has 0 amide bonds. The Morgan fingerprint density at radius 2 is 1.96 bits per heavy atom. The second-order valence-electron chi connectivity index (χ2n) is 5.96. The molecule has 0 saturated heterocycles. The van der Waals surface area contributed by atoms with Crippen LogP contribution >= 0.6 is 11.6 Å². The number of halogens is 1. The Labute approximate surface area is 150 Å². The van der Waals surface area contributed by atoms with E-state index >= 15 is 0 Å². The summed E-state index contributed by atoms with van der Waals surface area (Å²) in [6.07, 6.45) is 5.15. The lowest BCUT2D eigenvalue weighted by atomic mass is 10.1. The first-order chi connectivity index (χ1) is 12.2. The van der Waals surface area contributed by atoms with Gasteiger partial charge in [-0.15, -0.1) is 0 Å². The van der Waals surface area contributed by atoms with Crippen molar-refractivity contribution in [1.29, 1.82) is 0 Å². The fourth-order valence-electron chi connectivity index (χ4n) is 2.92. The smallest absolute Gasteiger partial charge is 0.161 e. The average molecular weight is 353 g/mol. The van der Waals surface area contributed by atoms with Crippen molar-refractivity contribution in [3.63, 3.8) is 0 Å². The van der Waals surface area contributed by atoms with Gasteiger partial charge in [0.05, 0.1) is 24.1 Å². The second kappa shape index (κ2) is 6.74. The van der Waals surface area contributed by atoms with E-state index in [-0.39, 0.29) is 0 Å². The van der Waals surface area contributed by atoms with Crippen molar-refractivity contribution in [2.24, 2.45) is 0 Å². The van der Waals surface area contributed by atoms with Crippen LogP contribution in [0.1, 0.15) is 17.0 Å². The molecular formula is C18H17ClN6. The van der Waals surface area contributed by atoms with E-state index < -0.39 is 0 Å². The van der Waals surface area contributed by atoms with Crippen LogP contribution in [0.25, 0.3) is 11.4 Å². The number of rotatable bonds is 4. The van der Waals surface area contributed by atoms with Gasteiger partial charge in [0, 0.05) is 48.7 Å². The molecule has 1 N–H and O–H groups in total. The summed E-state index contributed by atoms with van der Waals surface area (Å²) in [4.78, 5) is 20.1. The van der Waals surface area contributed by atoms with Crippen molar-refractivity contribution < 1.29 is 0 Å². The molecular weight excluding hydrogens is 336 g/mol. The lowest BCUT2D eigenvalue weighted by Crippen LogP contribution is -2.21. The summed E-state index contributed by atoms with van der Waals surface area (Å²) in [6, 6.07) is 7.60. The largest absolute Gasteiger partial charge is 0.353 e. The highest BCUT2D eigenvalue weighted by Crippen LogP contribution is 2.28. The van der Waals surface area contributed by atoms with E-state index in [9.17, 15) is 0 Å². The molecule has 0 spiro atoms. The molecule has 0 bridgehead atoms. The van der Waals surface area contributed by atoms with E-state index in [1.807, 2.05) is 31.3 Å². The Bertz CT molecular complexity index is 882. The maximum Gasteiger partial charge on any atom is 0.161 e. The molecule has 25 heavy (non-hydrogen) atoms. The van der Waals surface area contributed by atoms with Gasteiger partial charge >= 0.3 is 0 Å². The van der Waals surface area contributed by atoms with Gasteiger partial charge in [0.15, 0.2) is 5.82 Å². The zero-order valence-corrected chi connectivity index (χ0v) is 14.5. The number of fused-ring (bicyclic) bond motifs is 1. The highest BCUT2D eigenvalue weighted by molar-refractivity contribution is 6.30. The second-order valence-corrected chi connectivity index (χ2v) is 6.40. The van der Waals surface area contributed by atoms with E-state index in [0.717, 1.165) is 41.4 Å². The van der Waals surface area contributed by atoms with Crippen molar-refractivity contribution in [3.8, 4) is 11.4 Å². The first kappa shape index (κ1) is 15.9. The quantitative estimate of drug-likeness (QED) is 0.778. The highest BCUT2D eigenvalue weighted by Gasteiger charge is 2.22. The molecule has 1 aromatic carbocycles. The lowest BCUT2D eigenvalue weighted by Gasteiger charge is -2.21. The van der Waals surface area contributed by atoms with Crippen molar-refractivity contribution >= 4 is 17.4 Å². The average Bonchev–Trinajstić information content (AvgIpc) is 3.11. The van der Waals surface area contributed by atoms with Crippen molar-refractivity contribution in [2.45, 2.75) is 19.6 Å². The van der Waals surface area contributed by atoms with Gasteiger partial charge in [-0.2, -0.15) is 0 Å². The standard InChI is InChI=1S/C18H17ClN6/c1-25(11-14-8-20-6-7-22-14)18-15-9-21-10-16(15)23-17(24-18)12-2-4-13(19)5-3-12/h2-8,21H,9-11H2,1H3. The number of nitrogens with zero attached hydrogens (tertiary/aromatic N) is 5. The summed E-state index contributed by atoms with van der Waals surface area (Å²) >= 11 is 5.99. The zero-order valence-electron chi connectivity index (χ0n) is 13.8. The third-order valence-electron chi connectivity index (χ3n) is 4.14. The Morgan fingerprint density at radius 1 is 1.12 bits per heavy atom. The molecule has 1 aliphatic rings. The van der Waals surface area contributed by atoms with E-state index in [1.54, 1.807) is 18.6 Å². The summed E-state index contributed by atoms with van der Waals surface area (Å²) < 4.78 is 0. The molecule has 1 aliphatic heterocycles. The molecule has 3 heterocycles. The maximum atomic E-state index is 5.99. The Balaban J connectivity index is 1.72. The summed E-state index contributed by atoms with van der Waals surface area (Å²) in [5, 5.41) is 4.06. The third kappa shape index (κ3) is 3.31. The Hall–Kier alpha value is -2.57. The van der Waals surface area contributed by atoms with Crippen molar-refractivity contribution in [3.05, 3.63) is 64.8 Å². The van der Waals surface area contributed by atoms with E-state index in [4.69, 9.17) is 21.6 Å². The van der Waals surface area contributed by atoms with Crippen LogP contribution in [0.4, 0.5) is 5.82 Å². The van der Waals surface area contributed by atoms with Gasteiger partial charge in [-0.25, -0.2) is 9.97 Å². The molecule has 126 valence electrons. The number of hydrogen-bond donors (Lipinski definition) is 1. The minimum absolute atomic E-state index is 0.636. The summed E-state index contributed by atoms with van der Waals surface area (Å²) in [7, 11) is 2.02. The monoisotopic (exact) mass is 352 g/mol. The van der Waals surface area contributed by atoms with Gasteiger partial charge in [-0.3, -0.25) is 9.97 Å². The fraction of sp³-hybridized carbons (Fsp3) is 0.222. The third-order valence-corrected chi connectivity index (χ3v) is 4.40. The molecule has 7 heteroatoms. The van der Waals surface area contributed by atoms with E-state index in [0.29, 0.717) is 17.4 Å². The van der Waals surface area contributed by atoms with E-state index in [1.165, 1.54) is 0 Å². The minimum atomic E-state index is 0.636. The Morgan fingerprint density at radius 3 is 2.72 bits per heavy atom. The van der Waals surface area contributed by atoms with Gasteiger partial charge in [-0.05, 0) is 24.3 Å². The Kier molecular flexibility index (Phi) is 4.29. The fourth-order valence-corrected chi connectivity index (χ4v) is 3.05. The molecule has 2 aromatic heterocycles. The van der Waals surface area contributed by atoms with Crippen LogP contribution in [0.2, 0.25) is 5.02 Å². The summed E-state index contributed by atoms with van der Waals surface area (Å²) in [6.45, 7) is 2.16. The molecule has 0 aliphatic carbocycles. The van der Waals surface area contributed by atoms with Gasteiger partial charge in [-0.1, -0.05) is 11.6 Å². The number of hydrogen-bond acceptors (Lipinski definition) is 6.